The summed E-state index contributed by atoms with van der Waals surface area (Å²) in [5.41, 5.74) is 31.8. The summed E-state index contributed by atoms with van der Waals surface area (Å²) in [5, 5.41) is 113. The van der Waals surface area contributed by atoms with Crippen LogP contribution in [0.15, 0.2) is 60.7 Å². The van der Waals surface area contributed by atoms with Gasteiger partial charge in [-0.05, 0) is 80.1 Å². The Labute approximate surface area is 626 Å². The lowest BCUT2D eigenvalue weighted by Crippen LogP contribution is -2.65. The minimum absolute atomic E-state index is 0.0116. The predicted octanol–water partition coefficient (Wildman–Crippen LogP) is -1.30. The van der Waals surface area contributed by atoms with E-state index < -0.39 is 223 Å². The molecule has 6 saturated heterocycles. The van der Waals surface area contributed by atoms with E-state index in [4.69, 9.17) is 99.4 Å². The molecule has 2 saturated carbocycles. The van der Waals surface area contributed by atoms with Crippen LogP contribution in [0.2, 0.25) is 18.1 Å². The van der Waals surface area contributed by atoms with Crippen LogP contribution in [0.25, 0.3) is 0 Å². The Morgan fingerprint density at radius 3 is 1.63 bits per heavy atom. The Kier molecular flexibility index (Phi) is 31.9. The van der Waals surface area contributed by atoms with Crippen molar-refractivity contribution in [2.24, 2.45) is 46.4 Å². The SMILES string of the molecule is CC[C@H]1O[C@@H](O[C@@H]2[C@@H](O)[C@H](C)C[C@H](NC(=O)OCc3ccccc3)[C@H]2O[C@H]2O[C@H](CO[Si](C)(C)C(C)(C)C)CC[C@H]2C)[C@H](O)[C@@H]1O[C@H]1O[C@@H](CNC(=O)OCc2ccccc2)[C@@H](O)[C@H](O)[C@H]1C.NC[C@@H]1O[C@H](O[C@H]2[C@@H](O)[C@H](O[C@@H]3[C@@H](O)[C@H](N)C[C@H](N)[C@H]3O[C@H]3O[C@H](CO)CC[C@H]3N)O[C@@H]2CO)[C@H](N)[C@@H](O)[C@@H]1O. The van der Waals surface area contributed by atoms with Crippen LogP contribution in [0.4, 0.5) is 9.59 Å². The van der Waals surface area contributed by atoms with Crippen molar-refractivity contribution in [3.05, 3.63) is 71.8 Å². The topological polar surface area (TPSA) is 529 Å². The van der Waals surface area contributed by atoms with E-state index in [0.717, 1.165) is 24.0 Å². The molecule has 8 fully saturated rings. The van der Waals surface area contributed by atoms with Crippen molar-refractivity contribution in [3.63, 3.8) is 0 Å². The van der Waals surface area contributed by atoms with Crippen molar-refractivity contribution in [1.82, 2.24) is 10.6 Å². The van der Waals surface area contributed by atoms with Gasteiger partial charge in [0.05, 0.1) is 74.6 Å². The lowest BCUT2D eigenvalue weighted by Gasteiger charge is -2.47. The van der Waals surface area contributed by atoms with Crippen LogP contribution < -0.4 is 39.3 Å². The molecule has 2 aliphatic carbocycles. The molecule has 22 N–H and O–H groups in total. The maximum absolute atomic E-state index is 13.5. The molecule has 0 aromatic heterocycles. The van der Waals surface area contributed by atoms with Crippen molar-refractivity contribution in [2.75, 3.05) is 32.9 Å². The fourth-order valence-electron chi connectivity index (χ4n) is 14.3. The highest BCUT2D eigenvalue weighted by molar-refractivity contribution is 6.74. The summed E-state index contributed by atoms with van der Waals surface area (Å²) in [6.45, 7) is 17.7. The number of aliphatic hydroxyl groups is 10. The average Bonchev–Trinajstić information content (AvgIpc) is 1.68. The van der Waals surface area contributed by atoms with E-state index in [1.807, 2.05) is 81.4 Å². The summed E-state index contributed by atoms with van der Waals surface area (Å²) in [7, 11) is -2.09. The van der Waals surface area contributed by atoms with Gasteiger partial charge in [0.15, 0.2) is 46.1 Å². The summed E-state index contributed by atoms with van der Waals surface area (Å²) in [6, 6.07) is 14.5. The van der Waals surface area contributed by atoms with Gasteiger partial charge in [0.1, 0.15) is 98.7 Å². The van der Waals surface area contributed by atoms with Crippen LogP contribution in [0.3, 0.4) is 0 Å². The summed E-state index contributed by atoms with van der Waals surface area (Å²) in [4.78, 5) is 26.0. The maximum atomic E-state index is 13.5. The molecule has 2 amide bonds. The van der Waals surface area contributed by atoms with Gasteiger partial charge in [-0.2, -0.15) is 0 Å². The second-order valence-corrected chi connectivity index (χ2v) is 36.1. The normalized spacial score (nSPS) is 42.0. The number of hydrogen-bond acceptors (Lipinski definition) is 32. The summed E-state index contributed by atoms with van der Waals surface area (Å²) >= 11 is 0. The lowest BCUT2D eigenvalue weighted by atomic mass is 9.80. The molecule has 6 aliphatic heterocycles. The van der Waals surface area contributed by atoms with E-state index in [1.165, 1.54) is 0 Å². The molecule has 10 rings (SSSR count). The van der Waals surface area contributed by atoms with Gasteiger partial charge in [0.2, 0.25) is 0 Å². The first-order valence-electron chi connectivity index (χ1n) is 37.6. The number of benzene rings is 2. The van der Waals surface area contributed by atoms with Crippen molar-refractivity contribution >= 4 is 20.5 Å². The Morgan fingerprint density at radius 1 is 0.505 bits per heavy atom. The van der Waals surface area contributed by atoms with Gasteiger partial charge < -0.3 is 161 Å². The van der Waals surface area contributed by atoms with E-state index in [2.05, 4.69) is 44.5 Å². The number of amides is 2. The van der Waals surface area contributed by atoms with Crippen LogP contribution in [0.5, 0.6) is 0 Å². The van der Waals surface area contributed by atoms with Crippen molar-refractivity contribution < 1.29 is 131 Å². The number of rotatable bonds is 26. The third-order valence-electron chi connectivity index (χ3n) is 22.3. The van der Waals surface area contributed by atoms with Gasteiger partial charge in [-0.15, -0.1) is 0 Å². The van der Waals surface area contributed by atoms with E-state index in [-0.39, 0.29) is 56.4 Å². The van der Waals surface area contributed by atoms with E-state index in [1.54, 1.807) is 6.92 Å². The molecule has 0 bridgehead atoms. The number of nitrogens with one attached hydrogen (secondary N) is 2. The highest BCUT2D eigenvalue weighted by atomic mass is 28.4. The average molecular weight is 1540 g/mol. The van der Waals surface area contributed by atoms with Crippen LogP contribution in [0, 0.1) is 17.8 Å². The van der Waals surface area contributed by atoms with Gasteiger partial charge in [-0.1, -0.05) is 109 Å². The number of ether oxygens (including phenoxy) is 14. The molecule has 8 aliphatic rings. The molecule has 6 heterocycles. The standard InChI is InChI=1S/C49H76N2O15Si.C23H45N5O12/c1-10-35-42(65-45-30(4)38(53)39(54)36(63-45)24-50-47(56)58-25-31-17-13-11-14-18-31)40(55)46(62-35)66-43-37(52)29(3)23-34(51-48(57)59-26-32-19-15-12-16-20-32)41(43)64-44-28(2)21-22-33(61-44)27-60-67(8,9)49(5,6)7;24-4-11-15(32)16(33)13(28)22(36-11)39-19-12(6-30)37-23(17(19)34)40-20-14(31)9(26)3-10(27)18(20)38-21-8(25)2-1-7(5-29)35-21/h11-20,28-30,33-46,52-55H,10,21-27H2,1-9H3,(H,50,56)(H,51,57);7-23,29-34H,1-6,24-28H2/t28-,29-,30-,33+,34+,35-,36+,37+,38-,39-,40-,41-,42-,43-,44-,45-,46+;7-,8+,9+,10-,11-,12+,13+,14-,15+,16+,17+,18+,19+,20+,21+,22+,23-/m10/s1. The zero-order chi connectivity index (χ0) is 77.9. The molecule has 2 aromatic rings. The van der Waals surface area contributed by atoms with Crippen molar-refractivity contribution in [1.29, 1.82) is 0 Å². The van der Waals surface area contributed by atoms with Crippen LogP contribution in [-0.4, -0.2) is 295 Å². The molecule has 2 aromatic carbocycles. The minimum atomic E-state index is -2.09. The zero-order valence-corrected chi connectivity index (χ0v) is 63.6. The van der Waals surface area contributed by atoms with E-state index in [0.29, 0.717) is 32.3 Å². The van der Waals surface area contributed by atoms with Crippen molar-refractivity contribution in [2.45, 2.75) is 315 Å². The maximum Gasteiger partial charge on any atom is 0.407 e. The molecular formula is C72H121N7O27Si. The number of hydrogen-bond donors (Lipinski definition) is 17. The van der Waals surface area contributed by atoms with Gasteiger partial charge in [0, 0.05) is 37.0 Å². The van der Waals surface area contributed by atoms with Crippen molar-refractivity contribution in [3.8, 4) is 0 Å². The second-order valence-electron chi connectivity index (χ2n) is 31.3. The van der Waals surface area contributed by atoms with E-state index >= 15 is 0 Å². The minimum Gasteiger partial charge on any atom is -0.445 e. The smallest absolute Gasteiger partial charge is 0.407 e. The Morgan fingerprint density at radius 2 is 1.03 bits per heavy atom. The zero-order valence-electron chi connectivity index (χ0n) is 62.6. The van der Waals surface area contributed by atoms with Gasteiger partial charge in [-0.3, -0.25) is 0 Å². The molecule has 0 radical (unpaired) electrons. The third-order valence-corrected chi connectivity index (χ3v) is 26.8. The van der Waals surface area contributed by atoms with Gasteiger partial charge >= 0.3 is 12.2 Å². The van der Waals surface area contributed by atoms with Crippen LogP contribution in [-0.2, 0) is 84.0 Å². The first-order valence-corrected chi connectivity index (χ1v) is 40.5. The molecule has 34 atom stereocenters. The third kappa shape index (κ3) is 21.9. The van der Waals surface area contributed by atoms with Gasteiger partial charge in [-0.25, -0.2) is 9.59 Å². The summed E-state index contributed by atoms with van der Waals surface area (Å²) in [6.07, 6.45) is -27.0. The highest BCUT2D eigenvalue weighted by Crippen LogP contribution is 2.42. The monoisotopic (exact) mass is 1540 g/mol. The van der Waals surface area contributed by atoms with Crippen LogP contribution in [0.1, 0.15) is 105 Å². The molecule has 107 heavy (non-hydrogen) atoms. The molecule has 34 nitrogen and oxygen atoms in total. The number of aliphatic hydroxyl groups excluding tert-OH is 10. The van der Waals surface area contributed by atoms with Gasteiger partial charge in [0.25, 0.3) is 0 Å². The first kappa shape index (κ1) is 87.0. The number of carbonyl (C=O) groups is 2. The fourth-order valence-corrected chi connectivity index (χ4v) is 15.4. The molecule has 610 valence electrons. The number of carbonyl (C=O) groups excluding carboxylic acids is 2. The first-order chi connectivity index (χ1) is 50.8. The number of alkyl carbamates (subject to hydrolysis) is 2. The van der Waals surface area contributed by atoms with E-state index in [9.17, 15) is 60.7 Å². The number of nitrogens with two attached hydrogens (primary N) is 5. The summed E-state index contributed by atoms with van der Waals surface area (Å²) in [5.74, 6) is -1.23. The fraction of sp³-hybridized carbons (Fsp3) is 0.806. The molecule has 0 unspecified atom stereocenters. The lowest BCUT2D eigenvalue weighted by molar-refractivity contribution is -0.302. The molecule has 0 spiro atoms. The predicted molar refractivity (Wildman–Crippen MR) is 381 cm³/mol. The molecule has 35 heteroatoms. The molecular weight excluding hydrogens is 1420 g/mol. The second kappa shape index (κ2) is 39.2. The Bertz CT molecular complexity index is 3010. The Balaban J connectivity index is 0.000000281. The highest BCUT2D eigenvalue weighted by Gasteiger charge is 2.57. The Hall–Kier alpha value is -3.92. The quantitative estimate of drug-likeness (QED) is 0.0487. The largest absolute Gasteiger partial charge is 0.445 e. The summed E-state index contributed by atoms with van der Waals surface area (Å²) < 4.78 is 91.4. The van der Waals surface area contributed by atoms with Crippen LogP contribution >= 0.6 is 0 Å².